The number of pyridine rings is 1. The number of carbonyl (C=O) groups excluding carboxylic acids is 1. The number of carbonyl (C=O) groups is 1. The number of halogens is 1. The zero-order valence-corrected chi connectivity index (χ0v) is 12.7. The van der Waals surface area contributed by atoms with Crippen molar-refractivity contribution in [2.75, 3.05) is 26.2 Å². The third kappa shape index (κ3) is 3.14. The third-order valence-corrected chi connectivity index (χ3v) is 4.83. The van der Waals surface area contributed by atoms with Gasteiger partial charge in [0.1, 0.15) is 5.02 Å². The molecule has 3 rings (SSSR count). The molecule has 1 aliphatic carbocycles. The van der Waals surface area contributed by atoms with Crippen molar-refractivity contribution in [2.45, 2.75) is 31.7 Å². The van der Waals surface area contributed by atoms with Gasteiger partial charge in [-0.05, 0) is 18.9 Å². The van der Waals surface area contributed by atoms with Gasteiger partial charge in [-0.3, -0.25) is 14.5 Å². The monoisotopic (exact) mass is 309 g/mol. The molecule has 114 valence electrons. The van der Waals surface area contributed by atoms with Crippen molar-refractivity contribution in [3.8, 4) is 0 Å². The molecule has 0 spiro atoms. The van der Waals surface area contributed by atoms with Gasteiger partial charge in [0.25, 0.3) is 11.5 Å². The number of nitrogens with zero attached hydrogens (tertiary/aromatic N) is 2. The topological polar surface area (TPSA) is 56.4 Å². The molecule has 2 aliphatic rings. The van der Waals surface area contributed by atoms with Gasteiger partial charge in [-0.1, -0.05) is 24.4 Å². The Morgan fingerprint density at radius 3 is 2.48 bits per heavy atom. The molecule has 1 amide bonds. The number of rotatable bonds is 2. The van der Waals surface area contributed by atoms with Gasteiger partial charge in [0.2, 0.25) is 0 Å². The minimum absolute atomic E-state index is 0.0563. The maximum absolute atomic E-state index is 12.4. The van der Waals surface area contributed by atoms with Crippen LogP contribution in [0.2, 0.25) is 5.02 Å². The van der Waals surface area contributed by atoms with Crippen molar-refractivity contribution < 1.29 is 4.79 Å². The number of aromatic amines is 1. The van der Waals surface area contributed by atoms with Crippen molar-refractivity contribution in [1.29, 1.82) is 0 Å². The summed E-state index contributed by atoms with van der Waals surface area (Å²) in [7, 11) is 0. The Morgan fingerprint density at radius 1 is 1.19 bits per heavy atom. The van der Waals surface area contributed by atoms with E-state index in [0.29, 0.717) is 11.6 Å². The molecule has 5 nitrogen and oxygen atoms in total. The molecular weight excluding hydrogens is 290 g/mol. The summed E-state index contributed by atoms with van der Waals surface area (Å²) in [6, 6.07) is 2.16. The summed E-state index contributed by atoms with van der Waals surface area (Å²) in [5.41, 5.74) is 0.0909. The quantitative estimate of drug-likeness (QED) is 0.905. The fourth-order valence-corrected chi connectivity index (χ4v) is 3.49. The highest BCUT2D eigenvalue weighted by Gasteiger charge is 2.28. The molecule has 21 heavy (non-hydrogen) atoms. The average molecular weight is 310 g/mol. The lowest BCUT2D eigenvalue weighted by Gasteiger charge is -2.38. The fraction of sp³-hybridized carbons (Fsp3) is 0.600. The highest BCUT2D eigenvalue weighted by molar-refractivity contribution is 6.30. The number of amides is 1. The highest BCUT2D eigenvalue weighted by Crippen LogP contribution is 2.24. The van der Waals surface area contributed by atoms with Crippen LogP contribution in [0, 0.1) is 0 Å². The number of aromatic nitrogens is 1. The Hall–Kier alpha value is -1.33. The van der Waals surface area contributed by atoms with Crippen LogP contribution in [0.1, 0.15) is 36.0 Å². The summed E-state index contributed by atoms with van der Waals surface area (Å²) in [6.45, 7) is 3.36. The Kier molecular flexibility index (Phi) is 4.31. The first-order chi connectivity index (χ1) is 10.1. The van der Waals surface area contributed by atoms with E-state index >= 15 is 0 Å². The van der Waals surface area contributed by atoms with Crippen LogP contribution in [-0.2, 0) is 0 Å². The molecule has 0 aromatic carbocycles. The molecule has 0 atom stereocenters. The SMILES string of the molecule is O=C(c1c[nH]c(=O)c(Cl)c1)N1CCN(C2CCCC2)CC1. The molecule has 0 bridgehead atoms. The molecule has 6 heteroatoms. The van der Waals surface area contributed by atoms with Gasteiger partial charge in [0.05, 0.1) is 5.56 Å². The third-order valence-electron chi connectivity index (χ3n) is 4.55. The van der Waals surface area contributed by atoms with Crippen LogP contribution in [-0.4, -0.2) is 52.9 Å². The fourth-order valence-electron chi connectivity index (χ4n) is 3.32. The molecule has 1 aromatic heterocycles. The van der Waals surface area contributed by atoms with E-state index in [-0.39, 0.29) is 16.5 Å². The van der Waals surface area contributed by atoms with E-state index in [1.165, 1.54) is 37.9 Å². The lowest BCUT2D eigenvalue weighted by Crippen LogP contribution is -2.51. The molecule has 1 N–H and O–H groups in total. The predicted molar refractivity (Wildman–Crippen MR) is 81.8 cm³/mol. The summed E-state index contributed by atoms with van der Waals surface area (Å²) in [6.07, 6.45) is 6.70. The summed E-state index contributed by atoms with van der Waals surface area (Å²) < 4.78 is 0. The number of hydrogen-bond acceptors (Lipinski definition) is 3. The maximum atomic E-state index is 12.4. The number of H-pyrrole nitrogens is 1. The first-order valence-corrected chi connectivity index (χ1v) is 7.94. The Balaban J connectivity index is 1.61. The normalized spacial score (nSPS) is 20.9. The zero-order chi connectivity index (χ0) is 14.8. The van der Waals surface area contributed by atoms with E-state index in [9.17, 15) is 9.59 Å². The van der Waals surface area contributed by atoms with Crippen LogP contribution in [0.4, 0.5) is 0 Å². The van der Waals surface area contributed by atoms with Crippen LogP contribution in [0.3, 0.4) is 0 Å². The average Bonchev–Trinajstić information content (AvgIpc) is 3.04. The second kappa shape index (κ2) is 6.20. The summed E-state index contributed by atoms with van der Waals surface area (Å²) in [4.78, 5) is 30.5. The number of piperazine rings is 1. The molecule has 0 unspecified atom stereocenters. The predicted octanol–water partition coefficient (Wildman–Crippen LogP) is 1.73. The van der Waals surface area contributed by atoms with Gasteiger partial charge in [-0.2, -0.15) is 0 Å². The largest absolute Gasteiger partial charge is 0.336 e. The smallest absolute Gasteiger partial charge is 0.266 e. The standard InChI is InChI=1S/C15H20ClN3O2/c16-13-9-11(10-17-14(13)20)15(21)19-7-5-18(6-8-19)12-3-1-2-4-12/h9-10,12H,1-8H2,(H,17,20). The molecule has 1 aromatic rings. The van der Waals surface area contributed by atoms with E-state index < -0.39 is 0 Å². The van der Waals surface area contributed by atoms with Crippen LogP contribution in [0.5, 0.6) is 0 Å². The first-order valence-electron chi connectivity index (χ1n) is 7.57. The van der Waals surface area contributed by atoms with Crippen LogP contribution in [0.15, 0.2) is 17.1 Å². The second-order valence-corrected chi connectivity index (χ2v) is 6.24. The molecule has 1 saturated heterocycles. The summed E-state index contributed by atoms with van der Waals surface area (Å²) >= 11 is 5.78. The summed E-state index contributed by atoms with van der Waals surface area (Å²) in [5.74, 6) is -0.0563. The molecular formula is C15H20ClN3O2. The summed E-state index contributed by atoms with van der Waals surface area (Å²) in [5, 5.41) is 0.0606. The number of nitrogens with one attached hydrogen (secondary N) is 1. The molecule has 1 aliphatic heterocycles. The maximum Gasteiger partial charge on any atom is 0.266 e. The zero-order valence-electron chi connectivity index (χ0n) is 12.0. The van der Waals surface area contributed by atoms with Gasteiger partial charge in [-0.15, -0.1) is 0 Å². The first kappa shape index (κ1) is 14.6. The van der Waals surface area contributed by atoms with Gasteiger partial charge >= 0.3 is 0 Å². The van der Waals surface area contributed by atoms with Crippen molar-refractivity contribution >= 4 is 17.5 Å². The van der Waals surface area contributed by atoms with E-state index in [2.05, 4.69) is 9.88 Å². The lowest BCUT2D eigenvalue weighted by atomic mass is 10.1. The van der Waals surface area contributed by atoms with Crippen molar-refractivity contribution in [2.24, 2.45) is 0 Å². The lowest BCUT2D eigenvalue weighted by molar-refractivity contribution is 0.0573. The highest BCUT2D eigenvalue weighted by atomic mass is 35.5. The minimum atomic E-state index is -0.362. The van der Waals surface area contributed by atoms with Crippen LogP contribution >= 0.6 is 11.6 Å². The Bertz CT molecular complexity index is 573. The van der Waals surface area contributed by atoms with Crippen LogP contribution < -0.4 is 5.56 Å². The van der Waals surface area contributed by atoms with E-state index in [4.69, 9.17) is 11.6 Å². The Labute approximate surface area is 128 Å². The Morgan fingerprint density at radius 2 is 1.86 bits per heavy atom. The van der Waals surface area contributed by atoms with E-state index in [0.717, 1.165) is 26.2 Å². The van der Waals surface area contributed by atoms with Crippen molar-refractivity contribution in [3.05, 3.63) is 33.2 Å². The van der Waals surface area contributed by atoms with E-state index in [1.54, 1.807) is 0 Å². The molecule has 0 radical (unpaired) electrons. The van der Waals surface area contributed by atoms with Crippen LogP contribution in [0.25, 0.3) is 0 Å². The second-order valence-electron chi connectivity index (χ2n) is 5.83. The molecule has 2 heterocycles. The molecule has 2 fully saturated rings. The van der Waals surface area contributed by atoms with Crippen molar-refractivity contribution in [3.63, 3.8) is 0 Å². The number of hydrogen-bond donors (Lipinski definition) is 1. The van der Waals surface area contributed by atoms with E-state index in [1.807, 2.05) is 4.90 Å². The molecule has 1 saturated carbocycles. The van der Waals surface area contributed by atoms with Gasteiger partial charge in [0.15, 0.2) is 0 Å². The van der Waals surface area contributed by atoms with Gasteiger partial charge in [0, 0.05) is 38.4 Å². The van der Waals surface area contributed by atoms with Gasteiger partial charge < -0.3 is 9.88 Å². The van der Waals surface area contributed by atoms with Gasteiger partial charge in [-0.25, -0.2) is 0 Å². The minimum Gasteiger partial charge on any atom is -0.336 e. The van der Waals surface area contributed by atoms with Crippen molar-refractivity contribution in [1.82, 2.24) is 14.8 Å².